The maximum Gasteiger partial charge on any atom is 0.422 e. The summed E-state index contributed by atoms with van der Waals surface area (Å²) in [6.07, 6.45) is -0.516. The number of nitrogens with zero attached hydrogens (tertiary/aromatic N) is 3. The minimum atomic E-state index is -4.41. The molecule has 11 heteroatoms. The molecule has 1 aromatic heterocycles. The highest BCUT2D eigenvalue weighted by molar-refractivity contribution is 7.89. The van der Waals surface area contributed by atoms with Crippen molar-refractivity contribution in [3.05, 3.63) is 47.6 Å². The first-order valence-corrected chi connectivity index (χ1v) is 12.1. The van der Waals surface area contributed by atoms with Crippen LogP contribution in [0.4, 0.5) is 18.9 Å². The average Bonchev–Trinajstić information content (AvgIpc) is 3.16. The first-order valence-electron chi connectivity index (χ1n) is 10.2. The highest BCUT2D eigenvalue weighted by Crippen LogP contribution is 2.43. The number of anilines is 1. The predicted octanol–water partition coefficient (Wildman–Crippen LogP) is 4.36. The zero-order valence-electron chi connectivity index (χ0n) is 17.2. The molecule has 0 radical (unpaired) electrons. The summed E-state index contributed by atoms with van der Waals surface area (Å²) >= 11 is 6.11. The van der Waals surface area contributed by atoms with Gasteiger partial charge in [0.1, 0.15) is 4.90 Å². The molecule has 2 aromatic rings. The third-order valence-corrected chi connectivity index (χ3v) is 8.54. The van der Waals surface area contributed by atoms with Gasteiger partial charge in [-0.15, -0.1) is 0 Å². The number of hydrogen-bond donors (Lipinski definition) is 0. The van der Waals surface area contributed by atoms with Crippen LogP contribution in [0.1, 0.15) is 19.3 Å². The smallest absolute Gasteiger partial charge is 0.422 e. The molecule has 0 unspecified atom stereocenters. The Morgan fingerprint density at radius 3 is 2.38 bits per heavy atom. The van der Waals surface area contributed by atoms with Crippen LogP contribution in [-0.4, -0.2) is 56.7 Å². The van der Waals surface area contributed by atoms with Gasteiger partial charge < -0.3 is 9.64 Å². The summed E-state index contributed by atoms with van der Waals surface area (Å²) in [7, 11) is -3.64. The summed E-state index contributed by atoms with van der Waals surface area (Å²) in [5.41, 5.74) is 0.810. The van der Waals surface area contributed by atoms with E-state index < -0.39 is 22.8 Å². The summed E-state index contributed by atoms with van der Waals surface area (Å²) in [6, 6.07) is 9.59. The third kappa shape index (κ3) is 4.97. The Labute approximate surface area is 190 Å². The Balaban J connectivity index is 1.36. The van der Waals surface area contributed by atoms with Crippen molar-refractivity contribution in [1.82, 2.24) is 9.29 Å². The largest absolute Gasteiger partial charge is 0.468 e. The van der Waals surface area contributed by atoms with Gasteiger partial charge in [-0.3, -0.25) is 0 Å². The van der Waals surface area contributed by atoms with Gasteiger partial charge >= 0.3 is 6.18 Å². The van der Waals surface area contributed by atoms with E-state index in [-0.39, 0.29) is 21.2 Å². The highest BCUT2D eigenvalue weighted by Gasteiger charge is 2.43. The van der Waals surface area contributed by atoms with Crippen LogP contribution in [0.25, 0.3) is 0 Å². The van der Waals surface area contributed by atoms with Gasteiger partial charge in [-0.05, 0) is 42.9 Å². The van der Waals surface area contributed by atoms with E-state index in [9.17, 15) is 21.6 Å². The fourth-order valence-electron chi connectivity index (χ4n) is 4.36. The van der Waals surface area contributed by atoms with Gasteiger partial charge in [0.25, 0.3) is 0 Å². The summed E-state index contributed by atoms with van der Waals surface area (Å²) in [6.45, 7) is 0.993. The van der Waals surface area contributed by atoms with E-state index >= 15 is 0 Å². The summed E-state index contributed by atoms with van der Waals surface area (Å²) in [5.74, 6) is -0.0712. The maximum atomic E-state index is 13.0. The van der Waals surface area contributed by atoms with E-state index in [4.69, 9.17) is 11.6 Å². The molecule has 0 saturated carbocycles. The Kier molecular flexibility index (Phi) is 6.30. The second-order valence-corrected chi connectivity index (χ2v) is 10.6. The number of alkyl halides is 3. The third-order valence-electron chi connectivity index (χ3n) is 6.15. The van der Waals surface area contributed by atoms with E-state index in [1.165, 1.54) is 22.6 Å². The summed E-state index contributed by atoms with van der Waals surface area (Å²) < 4.78 is 69.0. The predicted molar refractivity (Wildman–Crippen MR) is 114 cm³/mol. The Hall–Kier alpha value is -2.04. The van der Waals surface area contributed by atoms with E-state index in [0.29, 0.717) is 13.1 Å². The monoisotopic (exact) mass is 489 g/mol. The molecule has 0 atom stereocenters. The van der Waals surface area contributed by atoms with Crippen LogP contribution in [0, 0.1) is 5.41 Å². The summed E-state index contributed by atoms with van der Waals surface area (Å²) in [5, 5.41) is 0.218. The topological polar surface area (TPSA) is 62.7 Å². The minimum absolute atomic E-state index is 0.00203. The van der Waals surface area contributed by atoms with Gasteiger partial charge in [-0.25, -0.2) is 13.4 Å². The standard InChI is InChI=1S/C21H23ClF3N3O3S/c22-17-3-1-2-4-18(17)32(29,30)28-11-8-20(9-12-28)7-10-27(14-20)16-5-6-19(26-13-16)31-15-21(23,24)25/h1-6,13H,7-12,14-15H2. The molecule has 2 saturated heterocycles. The lowest BCUT2D eigenvalue weighted by Crippen LogP contribution is -2.44. The number of aromatic nitrogens is 1. The molecule has 32 heavy (non-hydrogen) atoms. The lowest BCUT2D eigenvalue weighted by molar-refractivity contribution is -0.154. The van der Waals surface area contributed by atoms with Crippen molar-refractivity contribution in [3.63, 3.8) is 0 Å². The van der Waals surface area contributed by atoms with Crippen LogP contribution in [0.5, 0.6) is 5.88 Å². The highest BCUT2D eigenvalue weighted by atomic mass is 35.5. The number of piperidine rings is 1. The molecule has 0 bridgehead atoms. The first kappa shape index (κ1) is 23.1. The van der Waals surface area contributed by atoms with Gasteiger partial charge in [0.05, 0.1) is 16.9 Å². The fraction of sp³-hybridized carbons (Fsp3) is 0.476. The van der Waals surface area contributed by atoms with Crippen molar-refractivity contribution in [2.75, 3.05) is 37.7 Å². The number of benzene rings is 1. The van der Waals surface area contributed by atoms with Gasteiger partial charge in [-0.2, -0.15) is 17.5 Å². The van der Waals surface area contributed by atoms with Crippen molar-refractivity contribution >= 4 is 27.3 Å². The molecule has 6 nitrogen and oxygen atoms in total. The fourth-order valence-corrected chi connectivity index (χ4v) is 6.29. The number of sulfonamides is 1. The van der Waals surface area contributed by atoms with Crippen molar-refractivity contribution in [2.45, 2.75) is 30.3 Å². The zero-order chi connectivity index (χ0) is 23.0. The average molecular weight is 490 g/mol. The molecule has 2 aliphatic rings. The molecule has 1 aromatic carbocycles. The van der Waals surface area contributed by atoms with Crippen molar-refractivity contribution in [2.24, 2.45) is 5.41 Å². The molecule has 4 rings (SSSR count). The molecule has 3 heterocycles. The van der Waals surface area contributed by atoms with E-state index in [0.717, 1.165) is 38.0 Å². The lowest BCUT2D eigenvalue weighted by Gasteiger charge is -2.38. The lowest BCUT2D eigenvalue weighted by atomic mass is 9.78. The van der Waals surface area contributed by atoms with Crippen LogP contribution in [-0.2, 0) is 10.0 Å². The molecule has 0 aliphatic carbocycles. The molecule has 2 fully saturated rings. The number of halogens is 4. The molecular formula is C21H23ClF3N3O3S. The summed E-state index contributed by atoms with van der Waals surface area (Å²) in [4.78, 5) is 6.25. The van der Waals surface area contributed by atoms with Crippen molar-refractivity contribution < 1.29 is 26.3 Å². The number of hydrogen-bond acceptors (Lipinski definition) is 5. The Bertz CT molecular complexity index is 1060. The molecular weight excluding hydrogens is 467 g/mol. The number of pyridine rings is 1. The normalized spacial score (nSPS) is 19.4. The maximum absolute atomic E-state index is 13.0. The molecule has 174 valence electrons. The second-order valence-electron chi connectivity index (χ2n) is 8.26. The molecule has 1 spiro atoms. The van der Waals surface area contributed by atoms with Gasteiger partial charge in [0, 0.05) is 32.2 Å². The SMILES string of the molecule is O=S(=O)(c1ccccc1Cl)N1CCC2(CCN(c3ccc(OCC(F)(F)F)nc3)C2)CC1. The van der Waals surface area contributed by atoms with E-state index in [1.807, 2.05) is 0 Å². The van der Waals surface area contributed by atoms with Gasteiger partial charge in [-0.1, -0.05) is 23.7 Å². The van der Waals surface area contributed by atoms with Crippen molar-refractivity contribution in [1.29, 1.82) is 0 Å². The second kappa shape index (κ2) is 8.72. The van der Waals surface area contributed by atoms with Crippen LogP contribution < -0.4 is 9.64 Å². The van der Waals surface area contributed by atoms with Crippen LogP contribution in [0.15, 0.2) is 47.5 Å². The Morgan fingerprint density at radius 1 is 1.06 bits per heavy atom. The number of ether oxygens (including phenoxy) is 1. The first-order chi connectivity index (χ1) is 15.1. The molecule has 0 amide bonds. The van der Waals surface area contributed by atoms with E-state index in [2.05, 4.69) is 14.6 Å². The molecule has 0 N–H and O–H groups in total. The van der Waals surface area contributed by atoms with Crippen molar-refractivity contribution in [3.8, 4) is 5.88 Å². The van der Waals surface area contributed by atoms with Gasteiger partial charge in [0.2, 0.25) is 15.9 Å². The van der Waals surface area contributed by atoms with Crippen LogP contribution in [0.3, 0.4) is 0 Å². The van der Waals surface area contributed by atoms with Gasteiger partial charge in [0.15, 0.2) is 6.61 Å². The number of rotatable bonds is 5. The quantitative estimate of drug-likeness (QED) is 0.624. The van der Waals surface area contributed by atoms with Crippen LogP contribution >= 0.6 is 11.6 Å². The zero-order valence-corrected chi connectivity index (χ0v) is 18.8. The molecule has 2 aliphatic heterocycles. The minimum Gasteiger partial charge on any atom is -0.468 e. The Morgan fingerprint density at radius 2 is 1.75 bits per heavy atom. The van der Waals surface area contributed by atoms with Crippen LogP contribution in [0.2, 0.25) is 5.02 Å². The van der Waals surface area contributed by atoms with E-state index in [1.54, 1.807) is 24.3 Å².